The highest BCUT2D eigenvalue weighted by molar-refractivity contribution is 7.11. The average molecular weight is 283 g/mol. The Labute approximate surface area is 118 Å². The predicted molar refractivity (Wildman–Crippen MR) is 75.3 cm³/mol. The molecule has 2 heterocycles. The Balaban J connectivity index is 1.94. The second-order valence-corrected chi connectivity index (χ2v) is 6.08. The Bertz CT molecular complexity index is 439. The normalized spacial score (nSPS) is 16.9. The van der Waals surface area contributed by atoms with E-state index in [9.17, 15) is 4.79 Å². The third-order valence-corrected chi connectivity index (χ3v) is 4.50. The molecule has 0 spiro atoms. The molecule has 1 aliphatic heterocycles. The fraction of sp³-hybridized carbons (Fsp3) is 0.692. The molecule has 0 atom stereocenters. The Morgan fingerprint density at radius 2 is 2.05 bits per heavy atom. The van der Waals surface area contributed by atoms with Gasteiger partial charge in [0, 0.05) is 38.2 Å². The van der Waals surface area contributed by atoms with Gasteiger partial charge < -0.3 is 14.5 Å². The molecule has 2 rings (SSSR count). The molecular weight excluding hydrogens is 262 g/mol. The molecule has 0 saturated carbocycles. The number of carbonyl (C=O) groups excluding carboxylic acids is 1. The summed E-state index contributed by atoms with van der Waals surface area (Å²) in [5, 5.41) is 0.946. The lowest BCUT2D eigenvalue weighted by Crippen LogP contribution is -2.47. The van der Waals surface area contributed by atoms with E-state index in [2.05, 4.69) is 16.9 Å². The predicted octanol–water partition coefficient (Wildman–Crippen LogP) is 0.914. The minimum atomic E-state index is 0.212. The zero-order chi connectivity index (χ0) is 13.8. The van der Waals surface area contributed by atoms with Crippen molar-refractivity contribution in [1.29, 1.82) is 0 Å². The van der Waals surface area contributed by atoms with Gasteiger partial charge in [-0.15, -0.1) is 11.3 Å². The first-order chi connectivity index (χ1) is 9.10. The van der Waals surface area contributed by atoms with E-state index in [0.29, 0.717) is 13.0 Å². The van der Waals surface area contributed by atoms with Gasteiger partial charge >= 0.3 is 0 Å². The van der Waals surface area contributed by atoms with Gasteiger partial charge in [-0.2, -0.15) is 0 Å². The van der Waals surface area contributed by atoms with Gasteiger partial charge in [0.1, 0.15) is 5.01 Å². The van der Waals surface area contributed by atoms with Crippen LogP contribution in [0.1, 0.15) is 15.6 Å². The van der Waals surface area contributed by atoms with Crippen LogP contribution in [0.2, 0.25) is 0 Å². The molecule has 0 bridgehead atoms. The molecule has 0 unspecified atom stereocenters. The number of aryl methyl sites for hydroxylation is 1. The van der Waals surface area contributed by atoms with Crippen LogP contribution in [-0.2, 0) is 22.6 Å². The molecule has 0 aromatic carbocycles. The Morgan fingerprint density at radius 1 is 1.37 bits per heavy atom. The maximum Gasteiger partial charge on any atom is 0.227 e. The summed E-state index contributed by atoms with van der Waals surface area (Å²) >= 11 is 1.58. The minimum absolute atomic E-state index is 0.212. The van der Waals surface area contributed by atoms with Crippen molar-refractivity contribution in [2.75, 3.05) is 40.3 Å². The van der Waals surface area contributed by atoms with Crippen molar-refractivity contribution in [1.82, 2.24) is 14.8 Å². The van der Waals surface area contributed by atoms with Crippen LogP contribution in [-0.4, -0.2) is 61.0 Å². The molecule has 0 aliphatic carbocycles. The number of ether oxygens (including phenoxy) is 1. The van der Waals surface area contributed by atoms with Gasteiger partial charge in [-0.25, -0.2) is 4.98 Å². The molecule has 5 nitrogen and oxygen atoms in total. The molecule has 19 heavy (non-hydrogen) atoms. The molecular formula is C13H21N3O2S. The summed E-state index contributed by atoms with van der Waals surface area (Å²) < 4.78 is 5.08. The molecule has 1 aromatic heterocycles. The monoisotopic (exact) mass is 283 g/mol. The zero-order valence-corrected chi connectivity index (χ0v) is 12.6. The van der Waals surface area contributed by atoms with Crippen LogP contribution < -0.4 is 0 Å². The number of rotatable bonds is 4. The van der Waals surface area contributed by atoms with Crippen molar-refractivity contribution in [2.24, 2.45) is 0 Å². The molecule has 106 valence electrons. The van der Waals surface area contributed by atoms with Crippen molar-refractivity contribution in [3.63, 3.8) is 0 Å². The van der Waals surface area contributed by atoms with Crippen LogP contribution in [0.5, 0.6) is 0 Å². The van der Waals surface area contributed by atoms with Crippen LogP contribution in [0.25, 0.3) is 0 Å². The summed E-state index contributed by atoms with van der Waals surface area (Å²) in [6.07, 6.45) is 0.469. The smallest absolute Gasteiger partial charge is 0.227 e. The molecule has 6 heteroatoms. The van der Waals surface area contributed by atoms with Crippen molar-refractivity contribution in [2.45, 2.75) is 20.0 Å². The van der Waals surface area contributed by atoms with E-state index in [1.165, 1.54) is 0 Å². The molecule has 1 saturated heterocycles. The van der Waals surface area contributed by atoms with Gasteiger partial charge in [-0.3, -0.25) is 4.79 Å². The third kappa shape index (κ3) is 3.75. The largest absolute Gasteiger partial charge is 0.378 e. The highest BCUT2D eigenvalue weighted by Crippen LogP contribution is 2.20. The summed E-state index contributed by atoms with van der Waals surface area (Å²) in [5.74, 6) is 0.212. The number of piperazine rings is 1. The number of likely N-dealkylation sites (N-methyl/N-ethyl adjacent to an activating group) is 1. The number of carbonyl (C=O) groups is 1. The van der Waals surface area contributed by atoms with E-state index in [4.69, 9.17) is 4.74 Å². The second-order valence-electron chi connectivity index (χ2n) is 4.91. The lowest BCUT2D eigenvalue weighted by Gasteiger charge is -2.32. The van der Waals surface area contributed by atoms with E-state index in [1.54, 1.807) is 18.4 Å². The van der Waals surface area contributed by atoms with Gasteiger partial charge in [0.05, 0.1) is 18.7 Å². The van der Waals surface area contributed by atoms with Gasteiger partial charge in [-0.05, 0) is 14.0 Å². The fourth-order valence-corrected chi connectivity index (χ4v) is 3.18. The standard InChI is InChI=1S/C13H21N3O2S/c1-10-11(19-12(14-10)9-18-3)8-13(17)16-6-4-15(2)5-7-16/h4-9H2,1-3H3. The van der Waals surface area contributed by atoms with Gasteiger partial charge in [0.15, 0.2) is 0 Å². The first-order valence-electron chi connectivity index (χ1n) is 6.50. The minimum Gasteiger partial charge on any atom is -0.378 e. The van der Waals surface area contributed by atoms with Crippen LogP contribution in [0.4, 0.5) is 0 Å². The second kappa shape index (κ2) is 6.45. The van der Waals surface area contributed by atoms with Crippen molar-refractivity contribution < 1.29 is 9.53 Å². The number of amides is 1. The van der Waals surface area contributed by atoms with Crippen molar-refractivity contribution >= 4 is 17.2 Å². The first-order valence-corrected chi connectivity index (χ1v) is 7.32. The van der Waals surface area contributed by atoms with Crippen molar-refractivity contribution in [3.05, 3.63) is 15.6 Å². The molecule has 1 aromatic rings. The third-order valence-electron chi connectivity index (χ3n) is 3.37. The lowest BCUT2D eigenvalue weighted by molar-refractivity contribution is -0.131. The maximum atomic E-state index is 12.2. The van der Waals surface area contributed by atoms with Crippen LogP contribution in [0, 0.1) is 6.92 Å². The highest BCUT2D eigenvalue weighted by atomic mass is 32.1. The highest BCUT2D eigenvalue weighted by Gasteiger charge is 2.20. The van der Waals surface area contributed by atoms with Gasteiger partial charge in [0.2, 0.25) is 5.91 Å². The molecule has 1 aliphatic rings. The Kier molecular flexibility index (Phi) is 4.90. The Morgan fingerprint density at radius 3 is 2.68 bits per heavy atom. The van der Waals surface area contributed by atoms with E-state index >= 15 is 0 Å². The van der Waals surface area contributed by atoms with Crippen LogP contribution in [0.15, 0.2) is 0 Å². The van der Waals surface area contributed by atoms with E-state index in [1.807, 2.05) is 11.8 Å². The van der Waals surface area contributed by atoms with Crippen molar-refractivity contribution in [3.8, 4) is 0 Å². The van der Waals surface area contributed by atoms with Crippen LogP contribution in [0.3, 0.4) is 0 Å². The summed E-state index contributed by atoms with van der Waals surface area (Å²) in [7, 11) is 3.75. The lowest BCUT2D eigenvalue weighted by atomic mass is 10.2. The van der Waals surface area contributed by atoms with Gasteiger partial charge in [-0.1, -0.05) is 0 Å². The summed E-state index contributed by atoms with van der Waals surface area (Å²) in [6, 6.07) is 0. The van der Waals surface area contributed by atoms with E-state index in [-0.39, 0.29) is 5.91 Å². The fourth-order valence-electron chi connectivity index (χ4n) is 2.14. The van der Waals surface area contributed by atoms with E-state index in [0.717, 1.165) is 41.8 Å². The summed E-state index contributed by atoms with van der Waals surface area (Å²) in [5.41, 5.74) is 0.958. The SMILES string of the molecule is COCc1nc(C)c(CC(=O)N2CCN(C)CC2)s1. The van der Waals surface area contributed by atoms with Gasteiger partial charge in [0.25, 0.3) is 0 Å². The maximum absolute atomic E-state index is 12.2. The number of hydrogen-bond donors (Lipinski definition) is 0. The van der Waals surface area contributed by atoms with E-state index < -0.39 is 0 Å². The topological polar surface area (TPSA) is 45.7 Å². The molecule has 1 fully saturated rings. The number of aromatic nitrogens is 1. The summed E-state index contributed by atoms with van der Waals surface area (Å²) in [4.78, 5) is 21.9. The quantitative estimate of drug-likeness (QED) is 0.824. The molecule has 0 radical (unpaired) electrons. The van der Waals surface area contributed by atoms with Crippen LogP contribution >= 0.6 is 11.3 Å². The first kappa shape index (κ1) is 14.4. The number of nitrogens with zero attached hydrogens (tertiary/aromatic N) is 3. The zero-order valence-electron chi connectivity index (χ0n) is 11.8. The number of thiazole rings is 1. The Hall–Kier alpha value is -0.980. The summed E-state index contributed by atoms with van der Waals surface area (Å²) in [6.45, 7) is 6.07. The molecule has 1 amide bonds. The average Bonchev–Trinajstić information content (AvgIpc) is 2.71. The number of methoxy groups -OCH3 is 1. The number of hydrogen-bond acceptors (Lipinski definition) is 5. The molecule has 0 N–H and O–H groups in total.